The summed E-state index contributed by atoms with van der Waals surface area (Å²) in [5.41, 5.74) is 8.23. The summed E-state index contributed by atoms with van der Waals surface area (Å²) in [5, 5.41) is 5.49. The minimum Gasteiger partial charge on any atom is -0.240 e. The first-order valence-corrected chi connectivity index (χ1v) is 11.3. The third kappa shape index (κ3) is 2.41. The molecule has 1 aromatic heterocycles. The van der Waals surface area contributed by atoms with Crippen LogP contribution in [-0.4, -0.2) is 4.98 Å². The fraction of sp³-hybridized carbons (Fsp3) is 0.407. The highest BCUT2D eigenvalue weighted by Gasteiger charge is 2.44. The molecule has 0 unspecified atom stereocenters. The van der Waals surface area contributed by atoms with E-state index in [9.17, 15) is 0 Å². The molecule has 0 spiro atoms. The average molecular weight is 384 g/mol. The van der Waals surface area contributed by atoms with E-state index in [1.54, 1.807) is 5.56 Å². The normalized spacial score (nSPS) is 15.1. The minimum atomic E-state index is 0.132. The summed E-state index contributed by atoms with van der Waals surface area (Å²) < 4.78 is 2.61. The second-order valence-electron chi connectivity index (χ2n) is 8.77. The molecular weight excluding hydrogens is 352 g/mol. The molecule has 5 rings (SSSR count). The van der Waals surface area contributed by atoms with Crippen LogP contribution in [0.15, 0.2) is 36.5 Å². The van der Waals surface area contributed by atoms with E-state index in [0.717, 1.165) is 37.8 Å². The van der Waals surface area contributed by atoms with Crippen molar-refractivity contribution >= 4 is 32.6 Å². The maximum Gasteiger partial charge on any atom is 0.240 e. The van der Waals surface area contributed by atoms with Crippen LogP contribution in [0, 0.1) is 6.92 Å². The Bertz CT molecular complexity index is 1280. The number of nitrogens with zero attached hydrogens (tertiary/aromatic N) is 2. The van der Waals surface area contributed by atoms with Crippen LogP contribution >= 0.6 is 0 Å². The average Bonchev–Trinajstić information content (AvgIpc) is 2.76. The van der Waals surface area contributed by atoms with Crippen molar-refractivity contribution in [1.29, 1.82) is 0 Å². The van der Waals surface area contributed by atoms with E-state index in [0.29, 0.717) is 0 Å². The van der Waals surface area contributed by atoms with Crippen LogP contribution in [0.1, 0.15) is 62.9 Å². The van der Waals surface area contributed by atoms with Gasteiger partial charge in [-0.25, -0.2) is 4.98 Å². The van der Waals surface area contributed by atoms with Crippen molar-refractivity contribution in [3.63, 3.8) is 0 Å². The monoisotopic (exact) mass is 383 g/mol. The van der Waals surface area contributed by atoms with E-state index < -0.39 is 0 Å². The van der Waals surface area contributed by atoms with Gasteiger partial charge in [0.2, 0.25) is 5.52 Å². The van der Waals surface area contributed by atoms with Gasteiger partial charge in [-0.3, -0.25) is 0 Å². The molecule has 0 saturated heterocycles. The van der Waals surface area contributed by atoms with Crippen LogP contribution in [0.25, 0.3) is 32.6 Å². The summed E-state index contributed by atoms with van der Waals surface area (Å²) in [4.78, 5) is 5.13. The zero-order chi connectivity index (χ0) is 20.3. The lowest BCUT2D eigenvalue weighted by Crippen LogP contribution is -2.59. The fourth-order valence-corrected chi connectivity index (χ4v) is 5.64. The van der Waals surface area contributed by atoms with E-state index in [4.69, 9.17) is 4.98 Å². The van der Waals surface area contributed by atoms with Gasteiger partial charge < -0.3 is 0 Å². The molecule has 148 valence electrons. The minimum absolute atomic E-state index is 0.132. The van der Waals surface area contributed by atoms with Crippen molar-refractivity contribution in [2.45, 2.75) is 72.3 Å². The predicted octanol–water partition coefficient (Wildman–Crippen LogP) is 6.33. The molecule has 0 amide bonds. The molecule has 2 nitrogen and oxygen atoms in total. The third-order valence-electron chi connectivity index (χ3n) is 7.47. The van der Waals surface area contributed by atoms with Crippen molar-refractivity contribution in [3.8, 4) is 0 Å². The highest BCUT2D eigenvalue weighted by molar-refractivity contribution is 6.23. The van der Waals surface area contributed by atoms with E-state index in [-0.39, 0.29) is 5.54 Å². The van der Waals surface area contributed by atoms with Crippen LogP contribution < -0.4 is 4.57 Å². The summed E-state index contributed by atoms with van der Waals surface area (Å²) >= 11 is 0. The Hall–Kier alpha value is -2.48. The highest BCUT2D eigenvalue weighted by atomic mass is 15.1. The second-order valence-corrected chi connectivity index (χ2v) is 8.77. The number of hydrogen-bond acceptors (Lipinski definition) is 1. The SMILES string of the molecule is CCc1ccc2c(c1)c1nc(C)c[n+]3c1c1c(c(CC)ccc21)CC3(CC)CC. The predicted molar refractivity (Wildman–Crippen MR) is 123 cm³/mol. The van der Waals surface area contributed by atoms with Crippen LogP contribution in [0.2, 0.25) is 0 Å². The third-order valence-corrected chi connectivity index (χ3v) is 7.47. The Kier molecular flexibility index (Phi) is 4.17. The Balaban J connectivity index is 2.12. The fourth-order valence-electron chi connectivity index (χ4n) is 5.64. The summed E-state index contributed by atoms with van der Waals surface area (Å²) in [7, 11) is 0. The molecule has 0 bridgehead atoms. The maximum atomic E-state index is 5.13. The van der Waals surface area contributed by atoms with Gasteiger partial charge >= 0.3 is 0 Å². The van der Waals surface area contributed by atoms with Crippen molar-refractivity contribution in [2.75, 3.05) is 0 Å². The first-order valence-electron chi connectivity index (χ1n) is 11.3. The smallest absolute Gasteiger partial charge is 0.240 e. The molecule has 0 aliphatic carbocycles. The van der Waals surface area contributed by atoms with Gasteiger partial charge in [0.25, 0.3) is 0 Å². The van der Waals surface area contributed by atoms with Gasteiger partial charge in [0.15, 0.2) is 11.7 Å². The Morgan fingerprint density at radius 2 is 1.69 bits per heavy atom. The number of fused-ring (bicyclic) bond motifs is 3. The molecule has 4 aromatic rings. The van der Waals surface area contributed by atoms with Gasteiger partial charge in [-0.1, -0.05) is 52.0 Å². The number of rotatable bonds is 4. The Morgan fingerprint density at radius 3 is 2.38 bits per heavy atom. The highest BCUT2D eigenvalue weighted by Crippen LogP contribution is 2.42. The summed E-state index contributed by atoms with van der Waals surface area (Å²) in [5.74, 6) is 0. The summed E-state index contributed by atoms with van der Waals surface area (Å²) in [6, 6.07) is 11.7. The summed E-state index contributed by atoms with van der Waals surface area (Å²) in [6.45, 7) is 11.4. The summed E-state index contributed by atoms with van der Waals surface area (Å²) in [6.07, 6.45) is 7.84. The number of benzene rings is 3. The Morgan fingerprint density at radius 1 is 0.931 bits per heavy atom. The lowest BCUT2D eigenvalue weighted by Gasteiger charge is -2.33. The van der Waals surface area contributed by atoms with Crippen LogP contribution in [-0.2, 0) is 24.8 Å². The molecular formula is C27H31N2+. The molecule has 2 heterocycles. The molecule has 0 saturated carbocycles. The van der Waals surface area contributed by atoms with Gasteiger partial charge in [-0.15, -0.1) is 0 Å². The van der Waals surface area contributed by atoms with E-state index in [2.05, 4.69) is 75.7 Å². The first kappa shape index (κ1) is 18.5. The van der Waals surface area contributed by atoms with Crippen molar-refractivity contribution in [2.24, 2.45) is 0 Å². The van der Waals surface area contributed by atoms with Gasteiger partial charge in [0, 0.05) is 24.6 Å². The molecule has 0 radical (unpaired) electrons. The standard InChI is InChI=1S/C27H31N2/c1-6-18-10-12-20-21-13-11-19(7-2)23-15-27(8-3,9-4)29-16-17(5)28-25(22(20)14-18)26(29)24(21)23/h10-14,16H,6-9,15H2,1-5H3/q+1. The van der Waals surface area contributed by atoms with Crippen molar-refractivity contribution in [1.82, 2.24) is 4.98 Å². The molecule has 1 aliphatic heterocycles. The molecule has 1 aliphatic rings. The molecule has 0 fully saturated rings. The largest absolute Gasteiger partial charge is 0.240 e. The number of aryl methyl sites for hydroxylation is 3. The second kappa shape index (κ2) is 6.52. The number of hydrogen-bond donors (Lipinski definition) is 0. The van der Waals surface area contributed by atoms with Gasteiger partial charge in [0.1, 0.15) is 11.2 Å². The Labute approximate surface area is 173 Å². The number of aromatic nitrogens is 2. The van der Waals surface area contributed by atoms with E-state index in [1.165, 1.54) is 43.7 Å². The molecule has 0 atom stereocenters. The zero-order valence-corrected chi connectivity index (χ0v) is 18.4. The quantitative estimate of drug-likeness (QED) is 0.297. The van der Waals surface area contributed by atoms with Crippen molar-refractivity contribution in [3.05, 3.63) is 58.9 Å². The lowest BCUT2D eigenvalue weighted by molar-refractivity contribution is -0.744. The molecule has 2 heteroatoms. The maximum absolute atomic E-state index is 5.13. The zero-order valence-electron chi connectivity index (χ0n) is 18.4. The van der Waals surface area contributed by atoms with Gasteiger partial charge in [-0.2, -0.15) is 4.57 Å². The van der Waals surface area contributed by atoms with Gasteiger partial charge in [0.05, 0.1) is 5.39 Å². The molecule has 0 N–H and O–H groups in total. The lowest BCUT2D eigenvalue weighted by atomic mass is 9.77. The van der Waals surface area contributed by atoms with Gasteiger partial charge in [-0.05, 0) is 53.3 Å². The van der Waals surface area contributed by atoms with Crippen LogP contribution in [0.5, 0.6) is 0 Å². The van der Waals surface area contributed by atoms with Crippen LogP contribution in [0.3, 0.4) is 0 Å². The molecule has 3 aromatic carbocycles. The van der Waals surface area contributed by atoms with E-state index in [1.807, 2.05) is 0 Å². The van der Waals surface area contributed by atoms with E-state index >= 15 is 0 Å². The first-order chi connectivity index (χ1) is 14.1. The van der Waals surface area contributed by atoms with Crippen LogP contribution in [0.4, 0.5) is 0 Å². The van der Waals surface area contributed by atoms with Crippen molar-refractivity contribution < 1.29 is 4.57 Å². The topological polar surface area (TPSA) is 16.8 Å². The molecule has 29 heavy (non-hydrogen) atoms.